The van der Waals surface area contributed by atoms with Gasteiger partial charge in [0.15, 0.2) is 9.84 Å². The summed E-state index contributed by atoms with van der Waals surface area (Å²) in [5.41, 5.74) is 1.71. The van der Waals surface area contributed by atoms with Crippen LogP contribution < -0.4 is 5.32 Å². The maximum atomic E-state index is 13.3. The standard InChI is InChI=1S/C20H20N2O4S/c1-14-8-9-15(2)18(12-14)27(24,25)19(17-7-5-11-26-17)13-22-20(23)16-6-3-4-10-21-16/h3-12,19H,13H2,1-2H3,(H,22,23)/t19-/m0/s1. The average Bonchev–Trinajstić information content (AvgIpc) is 3.18. The van der Waals surface area contributed by atoms with Gasteiger partial charge in [-0.25, -0.2) is 8.42 Å². The number of pyridine rings is 1. The van der Waals surface area contributed by atoms with Crippen molar-refractivity contribution in [3.8, 4) is 0 Å². The van der Waals surface area contributed by atoms with Gasteiger partial charge in [0, 0.05) is 12.7 Å². The maximum Gasteiger partial charge on any atom is 0.269 e. The van der Waals surface area contributed by atoms with Crippen molar-refractivity contribution in [2.45, 2.75) is 24.0 Å². The Balaban J connectivity index is 1.92. The molecule has 0 bridgehead atoms. The van der Waals surface area contributed by atoms with Crippen LogP contribution in [0.25, 0.3) is 0 Å². The Kier molecular flexibility index (Phi) is 5.41. The second-order valence-electron chi connectivity index (χ2n) is 6.24. The van der Waals surface area contributed by atoms with E-state index in [1.54, 1.807) is 49.4 Å². The number of amides is 1. The molecule has 7 heteroatoms. The molecule has 3 rings (SSSR count). The number of carbonyl (C=O) groups is 1. The first-order valence-electron chi connectivity index (χ1n) is 8.43. The summed E-state index contributed by atoms with van der Waals surface area (Å²) in [7, 11) is -3.78. The smallest absolute Gasteiger partial charge is 0.269 e. The number of furan rings is 1. The molecule has 0 aliphatic heterocycles. The molecule has 0 saturated heterocycles. The molecule has 0 saturated carbocycles. The van der Waals surface area contributed by atoms with E-state index in [2.05, 4.69) is 10.3 Å². The van der Waals surface area contributed by atoms with E-state index in [4.69, 9.17) is 4.42 Å². The number of nitrogens with zero attached hydrogens (tertiary/aromatic N) is 1. The molecule has 27 heavy (non-hydrogen) atoms. The molecule has 1 amide bonds. The van der Waals surface area contributed by atoms with Crippen molar-refractivity contribution in [1.82, 2.24) is 10.3 Å². The number of benzene rings is 1. The first kappa shape index (κ1) is 18.8. The summed E-state index contributed by atoms with van der Waals surface area (Å²) in [6, 6.07) is 13.5. The molecule has 1 aromatic carbocycles. The van der Waals surface area contributed by atoms with Crippen molar-refractivity contribution >= 4 is 15.7 Å². The van der Waals surface area contributed by atoms with Gasteiger partial charge in [-0.15, -0.1) is 0 Å². The number of sulfone groups is 1. The Labute approximate surface area is 158 Å². The van der Waals surface area contributed by atoms with Crippen molar-refractivity contribution in [3.05, 3.63) is 83.6 Å². The molecule has 1 N–H and O–H groups in total. The van der Waals surface area contributed by atoms with Gasteiger partial charge in [-0.1, -0.05) is 18.2 Å². The molecule has 0 fully saturated rings. The molecular formula is C20H20N2O4S. The molecule has 0 aliphatic rings. The number of rotatable bonds is 6. The summed E-state index contributed by atoms with van der Waals surface area (Å²) in [5.74, 6) is -0.166. The fourth-order valence-electron chi connectivity index (χ4n) is 2.78. The van der Waals surface area contributed by atoms with Crippen molar-refractivity contribution in [2.24, 2.45) is 0 Å². The number of hydrogen-bond donors (Lipinski definition) is 1. The lowest BCUT2D eigenvalue weighted by Crippen LogP contribution is -2.32. The number of nitrogens with one attached hydrogen (secondary N) is 1. The normalized spacial score (nSPS) is 12.5. The van der Waals surface area contributed by atoms with Gasteiger partial charge in [0.25, 0.3) is 5.91 Å². The van der Waals surface area contributed by atoms with E-state index in [9.17, 15) is 13.2 Å². The quantitative estimate of drug-likeness (QED) is 0.705. The molecule has 2 aromatic heterocycles. The number of aryl methyl sites for hydroxylation is 2. The summed E-state index contributed by atoms with van der Waals surface area (Å²) in [4.78, 5) is 16.5. The van der Waals surface area contributed by atoms with E-state index >= 15 is 0 Å². The molecule has 0 aliphatic carbocycles. The molecule has 0 radical (unpaired) electrons. The molecule has 1 atom stereocenters. The van der Waals surface area contributed by atoms with Crippen LogP contribution in [0.2, 0.25) is 0 Å². The van der Waals surface area contributed by atoms with Gasteiger partial charge in [-0.2, -0.15) is 0 Å². The van der Waals surface area contributed by atoms with Crippen LogP contribution in [0.3, 0.4) is 0 Å². The van der Waals surface area contributed by atoms with Gasteiger partial charge in [0.05, 0.1) is 11.2 Å². The zero-order valence-corrected chi connectivity index (χ0v) is 15.9. The predicted octanol–water partition coefficient (Wildman–Crippen LogP) is 3.24. The van der Waals surface area contributed by atoms with Gasteiger partial charge >= 0.3 is 0 Å². The fraction of sp³-hybridized carbons (Fsp3) is 0.200. The Hall–Kier alpha value is -2.93. The Bertz CT molecular complexity index is 1030. The molecule has 140 valence electrons. The Morgan fingerprint density at radius 3 is 2.63 bits per heavy atom. The minimum Gasteiger partial charge on any atom is -0.468 e. The first-order valence-corrected chi connectivity index (χ1v) is 9.98. The fourth-order valence-corrected chi connectivity index (χ4v) is 4.69. The number of hydrogen-bond acceptors (Lipinski definition) is 5. The van der Waals surface area contributed by atoms with Crippen molar-refractivity contribution in [2.75, 3.05) is 6.54 Å². The molecule has 6 nitrogen and oxygen atoms in total. The van der Waals surface area contributed by atoms with E-state index in [1.165, 1.54) is 12.5 Å². The maximum absolute atomic E-state index is 13.3. The third-order valence-electron chi connectivity index (χ3n) is 4.23. The highest BCUT2D eigenvalue weighted by atomic mass is 32.2. The molecule has 0 unspecified atom stereocenters. The van der Waals surface area contributed by atoms with Crippen molar-refractivity contribution in [1.29, 1.82) is 0 Å². The lowest BCUT2D eigenvalue weighted by Gasteiger charge is -2.18. The second kappa shape index (κ2) is 7.75. The zero-order chi connectivity index (χ0) is 19.4. The summed E-state index contributed by atoms with van der Waals surface area (Å²) < 4.78 is 32.0. The van der Waals surface area contributed by atoms with Crippen LogP contribution >= 0.6 is 0 Å². The topological polar surface area (TPSA) is 89.3 Å². The molecule has 2 heterocycles. The lowest BCUT2D eigenvalue weighted by atomic mass is 10.2. The lowest BCUT2D eigenvalue weighted by molar-refractivity contribution is 0.0948. The monoisotopic (exact) mass is 384 g/mol. The van der Waals surface area contributed by atoms with Gasteiger partial charge in [-0.3, -0.25) is 9.78 Å². The van der Waals surface area contributed by atoms with Crippen LogP contribution in [0.1, 0.15) is 32.6 Å². The van der Waals surface area contributed by atoms with Gasteiger partial charge in [0.1, 0.15) is 16.7 Å². The summed E-state index contributed by atoms with van der Waals surface area (Å²) in [6.45, 7) is 3.46. The third-order valence-corrected chi connectivity index (χ3v) is 6.43. The highest BCUT2D eigenvalue weighted by Crippen LogP contribution is 2.31. The predicted molar refractivity (Wildman–Crippen MR) is 101 cm³/mol. The Morgan fingerprint density at radius 2 is 1.96 bits per heavy atom. The highest BCUT2D eigenvalue weighted by Gasteiger charge is 2.33. The van der Waals surface area contributed by atoms with Crippen LogP contribution in [0.4, 0.5) is 0 Å². The van der Waals surface area contributed by atoms with E-state index in [0.29, 0.717) is 5.56 Å². The molecular weight excluding hydrogens is 364 g/mol. The van der Waals surface area contributed by atoms with Gasteiger partial charge in [0.2, 0.25) is 0 Å². The van der Waals surface area contributed by atoms with Gasteiger partial charge in [-0.05, 0) is 55.3 Å². The van der Waals surface area contributed by atoms with Crippen molar-refractivity contribution < 1.29 is 17.6 Å². The van der Waals surface area contributed by atoms with E-state index in [-0.39, 0.29) is 22.9 Å². The van der Waals surface area contributed by atoms with Crippen molar-refractivity contribution in [3.63, 3.8) is 0 Å². The highest BCUT2D eigenvalue weighted by molar-refractivity contribution is 7.91. The largest absolute Gasteiger partial charge is 0.468 e. The van der Waals surface area contributed by atoms with Crippen LogP contribution in [-0.2, 0) is 9.84 Å². The number of carbonyl (C=O) groups excluding carboxylic acids is 1. The minimum absolute atomic E-state index is 0.126. The van der Waals surface area contributed by atoms with E-state index < -0.39 is 21.0 Å². The molecule has 3 aromatic rings. The second-order valence-corrected chi connectivity index (χ2v) is 8.34. The molecule has 0 spiro atoms. The van der Waals surface area contributed by atoms with Crippen LogP contribution in [-0.4, -0.2) is 25.9 Å². The average molecular weight is 384 g/mol. The SMILES string of the molecule is Cc1ccc(C)c(S(=O)(=O)[C@@H](CNC(=O)c2ccccn2)c2ccco2)c1. The van der Waals surface area contributed by atoms with Crippen LogP contribution in [0.15, 0.2) is 70.3 Å². The summed E-state index contributed by atoms with van der Waals surface area (Å²) in [5, 5.41) is 1.62. The summed E-state index contributed by atoms with van der Waals surface area (Å²) in [6.07, 6.45) is 2.92. The minimum atomic E-state index is -3.78. The third kappa shape index (κ3) is 4.09. The van der Waals surface area contributed by atoms with Crippen LogP contribution in [0, 0.1) is 13.8 Å². The van der Waals surface area contributed by atoms with E-state index in [0.717, 1.165) is 5.56 Å². The summed E-state index contributed by atoms with van der Waals surface area (Å²) >= 11 is 0. The van der Waals surface area contributed by atoms with Gasteiger partial charge < -0.3 is 9.73 Å². The van der Waals surface area contributed by atoms with Crippen LogP contribution in [0.5, 0.6) is 0 Å². The number of aromatic nitrogens is 1. The Morgan fingerprint density at radius 1 is 1.15 bits per heavy atom. The first-order chi connectivity index (χ1) is 12.9. The van der Waals surface area contributed by atoms with E-state index in [1.807, 2.05) is 13.0 Å². The zero-order valence-electron chi connectivity index (χ0n) is 15.0.